The summed E-state index contributed by atoms with van der Waals surface area (Å²) in [6, 6.07) is 5.67. The van der Waals surface area contributed by atoms with Crippen LogP contribution in [0.15, 0.2) is 18.2 Å². The summed E-state index contributed by atoms with van der Waals surface area (Å²) in [5, 5.41) is 3.49. The summed E-state index contributed by atoms with van der Waals surface area (Å²) < 4.78 is 0. The van der Waals surface area contributed by atoms with Gasteiger partial charge < -0.3 is 10.2 Å². The Balaban J connectivity index is 2.02. The van der Waals surface area contributed by atoms with Gasteiger partial charge in [0.05, 0.1) is 5.92 Å². The first kappa shape index (κ1) is 16.8. The molecule has 0 radical (unpaired) electrons. The molecule has 0 spiro atoms. The molecule has 2 rings (SSSR count). The molecule has 1 aliphatic rings. The number of carbonyl (C=O) groups is 2. The lowest BCUT2D eigenvalue weighted by molar-refractivity contribution is -0.130. The molecule has 5 heteroatoms. The van der Waals surface area contributed by atoms with Gasteiger partial charge in [-0.1, -0.05) is 31.5 Å². The highest BCUT2D eigenvalue weighted by Crippen LogP contribution is 2.25. The quantitative estimate of drug-likeness (QED) is 0.900. The first-order valence-electron chi connectivity index (χ1n) is 7.82. The van der Waals surface area contributed by atoms with Gasteiger partial charge in [0.1, 0.15) is 0 Å². The Labute approximate surface area is 136 Å². The maximum atomic E-state index is 12.4. The number of nitrogens with zero attached hydrogens (tertiary/aromatic N) is 1. The van der Waals surface area contributed by atoms with Crippen LogP contribution in [0.25, 0.3) is 0 Å². The van der Waals surface area contributed by atoms with Crippen molar-refractivity contribution in [2.24, 2.45) is 5.92 Å². The van der Waals surface area contributed by atoms with Crippen molar-refractivity contribution in [2.45, 2.75) is 46.1 Å². The summed E-state index contributed by atoms with van der Waals surface area (Å²) in [5.41, 5.74) is 1.64. The molecule has 0 aromatic heterocycles. The van der Waals surface area contributed by atoms with Crippen LogP contribution in [0.2, 0.25) is 5.02 Å². The smallest absolute Gasteiger partial charge is 0.229 e. The summed E-state index contributed by atoms with van der Waals surface area (Å²) in [5.74, 6) is -0.314. The van der Waals surface area contributed by atoms with E-state index in [0.29, 0.717) is 23.7 Å². The molecular weight excluding hydrogens is 300 g/mol. The average molecular weight is 323 g/mol. The van der Waals surface area contributed by atoms with Crippen molar-refractivity contribution in [3.05, 3.63) is 28.8 Å². The molecule has 0 bridgehead atoms. The molecule has 1 aliphatic heterocycles. The van der Waals surface area contributed by atoms with E-state index in [0.717, 1.165) is 18.4 Å². The zero-order chi connectivity index (χ0) is 16.3. The number of anilines is 1. The molecule has 1 aromatic rings. The number of aryl methyl sites for hydroxylation is 1. The van der Waals surface area contributed by atoms with Gasteiger partial charge in [-0.2, -0.15) is 0 Å². The third-order valence-electron chi connectivity index (χ3n) is 4.35. The van der Waals surface area contributed by atoms with Crippen LogP contribution in [0.5, 0.6) is 0 Å². The van der Waals surface area contributed by atoms with Gasteiger partial charge in [-0.15, -0.1) is 0 Å². The van der Waals surface area contributed by atoms with Gasteiger partial charge in [-0.05, 0) is 37.5 Å². The van der Waals surface area contributed by atoms with Crippen molar-refractivity contribution in [2.75, 3.05) is 11.9 Å². The molecular formula is C17H23ClN2O2. The number of nitrogens with one attached hydrogen (secondary N) is 1. The van der Waals surface area contributed by atoms with Crippen molar-refractivity contribution >= 4 is 29.1 Å². The molecule has 1 heterocycles. The van der Waals surface area contributed by atoms with Crippen LogP contribution >= 0.6 is 11.6 Å². The van der Waals surface area contributed by atoms with E-state index in [1.54, 1.807) is 6.07 Å². The lowest BCUT2D eigenvalue weighted by Gasteiger charge is -2.26. The molecule has 1 saturated heterocycles. The number of hydrogen-bond donors (Lipinski definition) is 1. The van der Waals surface area contributed by atoms with Gasteiger partial charge in [-0.25, -0.2) is 0 Å². The Bertz CT molecular complexity index is 570. The van der Waals surface area contributed by atoms with Gasteiger partial charge >= 0.3 is 0 Å². The fraction of sp³-hybridized carbons (Fsp3) is 0.529. The Hall–Kier alpha value is -1.55. The van der Waals surface area contributed by atoms with Crippen LogP contribution in [-0.2, 0) is 9.59 Å². The number of amides is 2. The summed E-state index contributed by atoms with van der Waals surface area (Å²) in [4.78, 5) is 26.3. The standard InChI is InChI=1S/C17H23ClN2O2/c1-4-14(5-2)20-10-12(8-16(20)21)17(22)19-13-7-6-11(3)15(18)9-13/h6-7,9,12,14H,4-5,8,10H2,1-3H3,(H,19,22). The van der Waals surface area contributed by atoms with Crippen LogP contribution in [0.1, 0.15) is 38.7 Å². The van der Waals surface area contributed by atoms with Crippen molar-refractivity contribution in [1.29, 1.82) is 0 Å². The number of benzene rings is 1. The van der Waals surface area contributed by atoms with Gasteiger partial charge in [0.25, 0.3) is 0 Å². The minimum absolute atomic E-state index is 0.0794. The summed E-state index contributed by atoms with van der Waals surface area (Å²) in [6.07, 6.45) is 2.14. The Kier molecular flexibility index (Phi) is 5.46. The second kappa shape index (κ2) is 7.14. The Morgan fingerprint density at radius 1 is 1.41 bits per heavy atom. The lowest BCUT2D eigenvalue weighted by Crippen LogP contribution is -2.36. The third-order valence-corrected chi connectivity index (χ3v) is 4.76. The largest absolute Gasteiger partial charge is 0.339 e. The maximum absolute atomic E-state index is 12.4. The van der Waals surface area contributed by atoms with E-state index in [4.69, 9.17) is 11.6 Å². The highest BCUT2D eigenvalue weighted by atomic mass is 35.5. The van der Waals surface area contributed by atoms with Crippen molar-refractivity contribution in [3.8, 4) is 0 Å². The van der Waals surface area contributed by atoms with Crippen molar-refractivity contribution in [3.63, 3.8) is 0 Å². The van der Waals surface area contributed by atoms with Crippen LogP contribution in [0.3, 0.4) is 0 Å². The van der Waals surface area contributed by atoms with E-state index in [-0.39, 0.29) is 23.8 Å². The summed E-state index contributed by atoms with van der Waals surface area (Å²) in [6.45, 7) is 6.57. The van der Waals surface area contributed by atoms with Gasteiger partial charge in [0.2, 0.25) is 11.8 Å². The SMILES string of the molecule is CCC(CC)N1CC(C(=O)Nc2ccc(C)c(Cl)c2)CC1=O. The number of halogens is 1. The molecule has 1 aromatic carbocycles. The molecule has 1 atom stereocenters. The predicted octanol–water partition coefficient (Wildman–Crippen LogP) is 3.62. The zero-order valence-electron chi connectivity index (χ0n) is 13.4. The highest BCUT2D eigenvalue weighted by Gasteiger charge is 2.36. The molecule has 1 unspecified atom stereocenters. The Morgan fingerprint density at radius 3 is 2.68 bits per heavy atom. The number of carbonyl (C=O) groups excluding carboxylic acids is 2. The minimum atomic E-state index is -0.284. The van der Waals surface area contributed by atoms with E-state index in [9.17, 15) is 9.59 Å². The Morgan fingerprint density at radius 2 is 2.09 bits per heavy atom. The van der Waals surface area contributed by atoms with Crippen LogP contribution in [0, 0.1) is 12.8 Å². The molecule has 120 valence electrons. The van der Waals surface area contributed by atoms with Gasteiger partial charge in [0, 0.05) is 29.7 Å². The van der Waals surface area contributed by atoms with Crippen LogP contribution in [-0.4, -0.2) is 29.3 Å². The molecule has 22 heavy (non-hydrogen) atoms. The summed E-state index contributed by atoms with van der Waals surface area (Å²) >= 11 is 6.07. The topological polar surface area (TPSA) is 49.4 Å². The van der Waals surface area contributed by atoms with Gasteiger partial charge in [-0.3, -0.25) is 9.59 Å². The molecule has 2 amide bonds. The number of hydrogen-bond acceptors (Lipinski definition) is 2. The predicted molar refractivity (Wildman–Crippen MR) is 89.0 cm³/mol. The van der Waals surface area contributed by atoms with E-state index in [1.165, 1.54) is 0 Å². The minimum Gasteiger partial charge on any atom is -0.339 e. The summed E-state index contributed by atoms with van der Waals surface area (Å²) in [7, 11) is 0. The lowest BCUT2D eigenvalue weighted by atomic mass is 10.1. The van der Waals surface area contributed by atoms with E-state index in [2.05, 4.69) is 19.2 Å². The van der Waals surface area contributed by atoms with E-state index >= 15 is 0 Å². The van der Waals surface area contributed by atoms with Crippen LogP contribution in [0.4, 0.5) is 5.69 Å². The molecule has 1 fully saturated rings. The number of likely N-dealkylation sites (tertiary alicyclic amines) is 1. The van der Waals surface area contributed by atoms with Crippen molar-refractivity contribution < 1.29 is 9.59 Å². The van der Waals surface area contributed by atoms with Crippen LogP contribution < -0.4 is 5.32 Å². The van der Waals surface area contributed by atoms with Gasteiger partial charge in [0.15, 0.2) is 0 Å². The molecule has 4 nitrogen and oxygen atoms in total. The second-order valence-corrected chi connectivity index (χ2v) is 6.28. The highest BCUT2D eigenvalue weighted by molar-refractivity contribution is 6.31. The molecule has 0 saturated carbocycles. The second-order valence-electron chi connectivity index (χ2n) is 5.87. The molecule has 1 N–H and O–H groups in total. The first-order valence-corrected chi connectivity index (χ1v) is 8.20. The average Bonchev–Trinajstić information content (AvgIpc) is 2.87. The number of rotatable bonds is 5. The first-order chi connectivity index (χ1) is 10.5. The fourth-order valence-corrected chi connectivity index (χ4v) is 3.09. The van der Waals surface area contributed by atoms with E-state index in [1.807, 2.05) is 24.0 Å². The third kappa shape index (κ3) is 3.61. The molecule has 0 aliphatic carbocycles. The zero-order valence-corrected chi connectivity index (χ0v) is 14.1. The maximum Gasteiger partial charge on any atom is 0.229 e. The monoisotopic (exact) mass is 322 g/mol. The fourth-order valence-electron chi connectivity index (χ4n) is 2.90. The normalized spacial score (nSPS) is 18.1. The van der Waals surface area contributed by atoms with Crippen molar-refractivity contribution in [1.82, 2.24) is 4.90 Å². The van der Waals surface area contributed by atoms with E-state index < -0.39 is 0 Å².